The van der Waals surface area contributed by atoms with Gasteiger partial charge in [0.1, 0.15) is 0 Å². The topological polar surface area (TPSA) is 37.3 Å². The summed E-state index contributed by atoms with van der Waals surface area (Å²) >= 11 is 0. The third-order valence-corrected chi connectivity index (χ3v) is 2.88. The molecule has 2 rings (SSSR count). The van der Waals surface area contributed by atoms with Gasteiger partial charge in [0.25, 0.3) is 0 Å². The molecule has 2 saturated carbocycles. The number of rotatable bonds is 2. The minimum Gasteiger partial charge on any atom is -0.481 e. The van der Waals surface area contributed by atoms with Crippen molar-refractivity contribution in [1.29, 1.82) is 0 Å². The van der Waals surface area contributed by atoms with E-state index in [1.165, 1.54) is 6.42 Å². The normalized spacial score (nSPS) is 50.5. The predicted octanol–water partition coefficient (Wildman–Crippen LogP) is 1.36. The van der Waals surface area contributed by atoms with Gasteiger partial charge in [0.05, 0.1) is 5.92 Å². The van der Waals surface area contributed by atoms with Crippen LogP contribution in [0, 0.1) is 23.7 Å². The lowest BCUT2D eigenvalue weighted by atomic mass is 10.2. The molecule has 0 aliphatic heterocycles. The minimum atomic E-state index is -0.580. The average Bonchev–Trinajstić information content (AvgIpc) is 2.57. The van der Waals surface area contributed by atoms with Gasteiger partial charge in [-0.3, -0.25) is 4.79 Å². The van der Waals surface area contributed by atoms with E-state index in [1.54, 1.807) is 0 Å². The van der Waals surface area contributed by atoms with Gasteiger partial charge in [0, 0.05) is 0 Å². The van der Waals surface area contributed by atoms with Crippen LogP contribution in [0.3, 0.4) is 0 Å². The van der Waals surface area contributed by atoms with Crippen LogP contribution in [0.15, 0.2) is 0 Å². The molecular formula is C8H12O2. The molecule has 0 aromatic carbocycles. The smallest absolute Gasteiger partial charge is 0.306 e. The van der Waals surface area contributed by atoms with Gasteiger partial charge in [-0.05, 0) is 30.6 Å². The third kappa shape index (κ3) is 0.825. The number of aliphatic carboxylic acids is 1. The fourth-order valence-corrected chi connectivity index (χ4v) is 1.92. The van der Waals surface area contributed by atoms with Crippen LogP contribution in [-0.2, 0) is 4.79 Å². The van der Waals surface area contributed by atoms with Crippen molar-refractivity contribution in [2.24, 2.45) is 23.7 Å². The zero-order valence-electron chi connectivity index (χ0n) is 6.08. The van der Waals surface area contributed by atoms with Crippen LogP contribution in [0.2, 0.25) is 0 Å². The first-order valence-corrected chi connectivity index (χ1v) is 3.93. The van der Waals surface area contributed by atoms with Crippen molar-refractivity contribution >= 4 is 5.97 Å². The van der Waals surface area contributed by atoms with Crippen molar-refractivity contribution in [2.75, 3.05) is 0 Å². The van der Waals surface area contributed by atoms with E-state index in [0.717, 1.165) is 18.3 Å². The molecule has 2 aliphatic rings. The second-order valence-corrected chi connectivity index (χ2v) is 3.72. The van der Waals surface area contributed by atoms with Gasteiger partial charge in [-0.1, -0.05) is 6.92 Å². The van der Waals surface area contributed by atoms with E-state index in [4.69, 9.17) is 5.11 Å². The second kappa shape index (κ2) is 1.74. The van der Waals surface area contributed by atoms with Crippen molar-refractivity contribution in [3.63, 3.8) is 0 Å². The van der Waals surface area contributed by atoms with Crippen molar-refractivity contribution in [2.45, 2.75) is 19.8 Å². The Hall–Kier alpha value is -0.530. The lowest BCUT2D eigenvalue weighted by molar-refractivity contribution is -0.138. The second-order valence-electron chi connectivity index (χ2n) is 3.72. The molecule has 0 aromatic rings. The van der Waals surface area contributed by atoms with Crippen molar-refractivity contribution in [1.82, 2.24) is 0 Å². The highest BCUT2D eigenvalue weighted by Crippen LogP contribution is 2.57. The zero-order chi connectivity index (χ0) is 7.30. The molecular weight excluding hydrogens is 128 g/mol. The van der Waals surface area contributed by atoms with Gasteiger partial charge in [0.2, 0.25) is 0 Å². The van der Waals surface area contributed by atoms with Gasteiger partial charge in [-0.25, -0.2) is 0 Å². The third-order valence-electron chi connectivity index (χ3n) is 2.88. The minimum absolute atomic E-state index is 0.0231. The Morgan fingerprint density at radius 3 is 2.30 bits per heavy atom. The number of carboxylic acids is 1. The molecule has 2 aliphatic carbocycles. The summed E-state index contributed by atoms with van der Waals surface area (Å²) in [5, 5.41) is 8.59. The Balaban J connectivity index is 1.85. The van der Waals surface area contributed by atoms with Crippen LogP contribution >= 0.6 is 0 Å². The quantitative estimate of drug-likeness (QED) is 0.628. The Bertz CT molecular complexity index is 176. The molecule has 2 fully saturated rings. The summed E-state index contributed by atoms with van der Waals surface area (Å²) in [6.07, 6.45) is 2.22. The van der Waals surface area contributed by atoms with Gasteiger partial charge in [-0.15, -0.1) is 0 Å². The summed E-state index contributed by atoms with van der Waals surface area (Å²) in [5.74, 6) is 1.57. The van der Waals surface area contributed by atoms with Gasteiger partial charge < -0.3 is 5.11 Å². The highest BCUT2D eigenvalue weighted by molar-refractivity contribution is 5.73. The molecule has 0 radical (unpaired) electrons. The molecule has 4 atom stereocenters. The van der Waals surface area contributed by atoms with Crippen LogP contribution in [0.4, 0.5) is 0 Å². The molecule has 2 heteroatoms. The zero-order valence-corrected chi connectivity index (χ0v) is 6.08. The SMILES string of the molecule is CC1CC1C1CC1C(=O)O. The Morgan fingerprint density at radius 1 is 1.40 bits per heavy atom. The van der Waals surface area contributed by atoms with Gasteiger partial charge in [-0.2, -0.15) is 0 Å². The maximum Gasteiger partial charge on any atom is 0.306 e. The standard InChI is InChI=1S/C8H12O2/c1-4-2-5(4)6-3-7(6)8(9)10/h4-7H,2-3H2,1H3,(H,9,10). The van der Waals surface area contributed by atoms with E-state index in [-0.39, 0.29) is 5.92 Å². The summed E-state index contributed by atoms with van der Waals surface area (Å²) in [4.78, 5) is 10.4. The maximum atomic E-state index is 10.4. The average molecular weight is 140 g/mol. The summed E-state index contributed by atoms with van der Waals surface area (Å²) in [6, 6.07) is 0. The molecule has 0 amide bonds. The van der Waals surface area contributed by atoms with Crippen molar-refractivity contribution < 1.29 is 9.90 Å². The van der Waals surface area contributed by atoms with E-state index in [1.807, 2.05) is 0 Å². The maximum absolute atomic E-state index is 10.4. The van der Waals surface area contributed by atoms with Crippen LogP contribution in [0.1, 0.15) is 19.8 Å². The van der Waals surface area contributed by atoms with Crippen LogP contribution in [0.25, 0.3) is 0 Å². The number of hydrogen-bond acceptors (Lipinski definition) is 1. The van der Waals surface area contributed by atoms with Gasteiger partial charge in [0.15, 0.2) is 0 Å². The van der Waals surface area contributed by atoms with E-state index < -0.39 is 5.97 Å². The highest BCUT2D eigenvalue weighted by Gasteiger charge is 2.54. The lowest BCUT2D eigenvalue weighted by Gasteiger charge is -1.89. The first kappa shape index (κ1) is 6.20. The number of carbonyl (C=O) groups is 1. The molecule has 0 spiro atoms. The van der Waals surface area contributed by atoms with Gasteiger partial charge >= 0.3 is 5.97 Å². The van der Waals surface area contributed by atoms with E-state index in [2.05, 4.69) is 6.92 Å². The molecule has 2 nitrogen and oxygen atoms in total. The van der Waals surface area contributed by atoms with Crippen LogP contribution in [-0.4, -0.2) is 11.1 Å². The molecule has 10 heavy (non-hydrogen) atoms. The molecule has 0 heterocycles. The highest BCUT2D eigenvalue weighted by atomic mass is 16.4. The molecule has 56 valence electrons. The molecule has 0 saturated heterocycles. The number of carboxylic acid groups (broad SMARTS) is 1. The largest absolute Gasteiger partial charge is 0.481 e. The molecule has 4 unspecified atom stereocenters. The Kier molecular flexibility index (Phi) is 1.08. The fourth-order valence-electron chi connectivity index (χ4n) is 1.92. The monoisotopic (exact) mass is 140 g/mol. The van der Waals surface area contributed by atoms with Crippen molar-refractivity contribution in [3.8, 4) is 0 Å². The first-order valence-electron chi connectivity index (χ1n) is 3.93. The number of hydrogen-bond donors (Lipinski definition) is 1. The van der Waals surface area contributed by atoms with E-state index >= 15 is 0 Å². The van der Waals surface area contributed by atoms with E-state index in [0.29, 0.717) is 5.92 Å². The molecule has 0 aromatic heterocycles. The molecule has 1 N–H and O–H groups in total. The lowest BCUT2D eigenvalue weighted by Crippen LogP contribution is -2.00. The summed E-state index contributed by atoms with van der Waals surface area (Å²) in [7, 11) is 0. The Morgan fingerprint density at radius 2 is 2.00 bits per heavy atom. The van der Waals surface area contributed by atoms with Crippen LogP contribution < -0.4 is 0 Å². The summed E-state index contributed by atoms with van der Waals surface area (Å²) < 4.78 is 0. The summed E-state index contributed by atoms with van der Waals surface area (Å²) in [6.45, 7) is 2.21. The van der Waals surface area contributed by atoms with Crippen LogP contribution in [0.5, 0.6) is 0 Å². The van der Waals surface area contributed by atoms with E-state index in [9.17, 15) is 4.79 Å². The predicted molar refractivity (Wildman–Crippen MR) is 36.5 cm³/mol. The van der Waals surface area contributed by atoms with Crippen molar-refractivity contribution in [3.05, 3.63) is 0 Å². The summed E-state index contributed by atoms with van der Waals surface area (Å²) in [5.41, 5.74) is 0. The first-order chi connectivity index (χ1) is 4.70. The Labute approximate surface area is 60.2 Å². The molecule has 0 bridgehead atoms. The fraction of sp³-hybridized carbons (Fsp3) is 0.875.